The summed E-state index contributed by atoms with van der Waals surface area (Å²) in [6.45, 7) is 12.0. The minimum atomic E-state index is -0.663. The van der Waals surface area contributed by atoms with E-state index in [1.807, 2.05) is 12.1 Å². The average Bonchev–Trinajstić information content (AvgIpc) is 3.32. The lowest BCUT2D eigenvalue weighted by atomic mass is 9.86. The molecular weight excluding hydrogens is 463 g/mol. The second-order valence-electron chi connectivity index (χ2n) is 10.9. The molecule has 1 aliphatic rings. The number of hydrogen-bond acceptors (Lipinski definition) is 4. The maximum absolute atomic E-state index is 7.06. The van der Waals surface area contributed by atoms with Crippen molar-refractivity contribution in [1.29, 1.82) is 0 Å². The van der Waals surface area contributed by atoms with E-state index < -0.39 is 13.7 Å². The van der Waals surface area contributed by atoms with Gasteiger partial charge in [0.2, 0.25) is 0 Å². The molecule has 5 heteroatoms. The molecule has 3 aromatic rings. The van der Waals surface area contributed by atoms with Crippen LogP contribution in [0.4, 0.5) is 5.69 Å². The molecule has 0 saturated heterocycles. The molecule has 0 unspecified atom stereocenters. The number of rotatable bonds is 9. The van der Waals surface area contributed by atoms with Gasteiger partial charge in [-0.15, -0.1) is 0 Å². The van der Waals surface area contributed by atoms with E-state index in [0.29, 0.717) is 0 Å². The van der Waals surface area contributed by atoms with Crippen LogP contribution in [0.2, 0.25) is 0 Å². The molecule has 0 radical (unpaired) electrons. The van der Waals surface area contributed by atoms with Crippen LogP contribution in [-0.2, 0) is 17.4 Å². The molecule has 36 heavy (non-hydrogen) atoms. The van der Waals surface area contributed by atoms with Gasteiger partial charge in [-0.25, -0.2) is 0 Å². The zero-order chi connectivity index (χ0) is 25.8. The van der Waals surface area contributed by atoms with Gasteiger partial charge in [-0.1, -0.05) is 81.4 Å². The van der Waals surface area contributed by atoms with Gasteiger partial charge >= 0.3 is 0 Å². The quantitative estimate of drug-likeness (QED) is 0.290. The Balaban J connectivity index is 1.88. The number of nitrogens with zero attached hydrogens (tertiary/aromatic N) is 2. The first-order valence-corrected chi connectivity index (χ1v) is 14.8. The summed E-state index contributed by atoms with van der Waals surface area (Å²) in [7, 11) is 1.04. The monoisotopic (exact) mass is 502 g/mol. The van der Waals surface area contributed by atoms with Gasteiger partial charge in [0.15, 0.2) is 0 Å². The highest BCUT2D eigenvalue weighted by Gasteiger charge is 2.47. The molecule has 0 amide bonds. The lowest BCUT2D eigenvalue weighted by Crippen LogP contribution is -2.52. The van der Waals surface area contributed by atoms with E-state index in [9.17, 15) is 0 Å². The van der Waals surface area contributed by atoms with E-state index >= 15 is 0 Å². The van der Waals surface area contributed by atoms with Crippen molar-refractivity contribution in [3.05, 3.63) is 96.1 Å². The van der Waals surface area contributed by atoms with Gasteiger partial charge in [0.1, 0.15) is 17.2 Å². The summed E-state index contributed by atoms with van der Waals surface area (Å²) in [5.41, 5.74) is 3.05. The Morgan fingerprint density at radius 1 is 0.833 bits per heavy atom. The van der Waals surface area contributed by atoms with Gasteiger partial charge < -0.3 is 14.2 Å². The number of ether oxygens (including phenoxy) is 1. The van der Waals surface area contributed by atoms with Crippen molar-refractivity contribution in [2.24, 2.45) is 10.4 Å². The van der Waals surface area contributed by atoms with Crippen molar-refractivity contribution >= 4 is 19.7 Å². The zero-order valence-electron chi connectivity index (χ0n) is 22.4. The molecule has 0 aliphatic carbocycles. The number of aliphatic imine (C=N–C) groups is 1. The minimum absolute atomic E-state index is 0.0286. The molecule has 4 rings (SSSR count). The molecular formula is C31H39N2O2P. The Morgan fingerprint density at radius 2 is 1.36 bits per heavy atom. The number of anilines is 1. The van der Waals surface area contributed by atoms with Gasteiger partial charge in [0, 0.05) is 33.2 Å². The Labute approximate surface area is 218 Å². The Kier molecular flexibility index (Phi) is 8.17. The van der Waals surface area contributed by atoms with E-state index in [0.717, 1.165) is 36.7 Å². The van der Waals surface area contributed by atoms with Crippen LogP contribution in [0.3, 0.4) is 0 Å². The second kappa shape index (κ2) is 11.2. The summed E-state index contributed by atoms with van der Waals surface area (Å²) in [5.74, 6) is 1.88. The molecule has 0 N–H and O–H groups in total. The van der Waals surface area contributed by atoms with E-state index in [-0.39, 0.29) is 11.5 Å². The van der Waals surface area contributed by atoms with E-state index in [4.69, 9.17) is 14.3 Å². The number of hydrogen-bond donors (Lipinski definition) is 0. The summed E-state index contributed by atoms with van der Waals surface area (Å²) in [6, 6.07) is 29.9. The van der Waals surface area contributed by atoms with Crippen LogP contribution in [0.5, 0.6) is 5.75 Å². The van der Waals surface area contributed by atoms with Crippen LogP contribution >= 0.6 is 8.15 Å². The summed E-state index contributed by atoms with van der Waals surface area (Å²) >= 11 is 0. The third-order valence-corrected chi connectivity index (χ3v) is 7.42. The standard InChI is InChI=1S/C31H39N2O2P/c1-30(2,3)28-23-33(26-17-19-27(34-4)20-18-26)29(32-28)31(35-36(5)6,21-24-13-9-7-10-14-24)22-25-15-11-8-12-16-25/h7-20,28H,21-23H2,1-6H3/t28-/m1/s1. The average molecular weight is 503 g/mol. The van der Waals surface area contributed by atoms with Gasteiger partial charge in [-0.3, -0.25) is 4.99 Å². The van der Waals surface area contributed by atoms with Crippen LogP contribution in [-0.4, -0.2) is 44.5 Å². The van der Waals surface area contributed by atoms with Crippen LogP contribution in [0.15, 0.2) is 89.9 Å². The Hall–Kier alpha value is -2.68. The molecule has 1 aliphatic heterocycles. The number of amidine groups is 1. The SMILES string of the molecule is COc1ccc(N2C[C@H](C(C)(C)C)N=C2C(Cc2ccccc2)(Cc2ccccc2)OP(C)C)cc1. The van der Waals surface area contributed by atoms with Gasteiger partial charge in [0.25, 0.3) is 0 Å². The molecule has 0 fully saturated rings. The first-order chi connectivity index (χ1) is 17.2. The highest BCUT2D eigenvalue weighted by Crippen LogP contribution is 2.43. The van der Waals surface area contributed by atoms with Crippen molar-refractivity contribution < 1.29 is 9.26 Å². The first kappa shape index (κ1) is 26.4. The van der Waals surface area contributed by atoms with Crippen LogP contribution in [0.25, 0.3) is 0 Å². The van der Waals surface area contributed by atoms with Gasteiger partial charge in [-0.05, 0) is 54.1 Å². The number of methoxy groups -OCH3 is 1. The summed E-state index contributed by atoms with van der Waals surface area (Å²) < 4.78 is 12.5. The lowest BCUT2D eigenvalue weighted by molar-refractivity contribution is 0.161. The molecule has 1 heterocycles. The van der Waals surface area contributed by atoms with Crippen molar-refractivity contribution in [2.45, 2.75) is 45.3 Å². The maximum atomic E-state index is 7.06. The Morgan fingerprint density at radius 3 is 1.81 bits per heavy atom. The van der Waals surface area contributed by atoms with Crippen LogP contribution < -0.4 is 9.64 Å². The predicted octanol–water partition coefficient (Wildman–Crippen LogP) is 7.23. The van der Waals surface area contributed by atoms with Gasteiger partial charge in [0.05, 0.1) is 13.2 Å². The topological polar surface area (TPSA) is 34.1 Å². The smallest absolute Gasteiger partial charge is 0.138 e. The first-order valence-electron chi connectivity index (χ1n) is 12.6. The molecule has 0 saturated carbocycles. The molecule has 0 aromatic heterocycles. The zero-order valence-corrected chi connectivity index (χ0v) is 23.3. The molecule has 4 nitrogen and oxygen atoms in total. The van der Waals surface area contributed by atoms with Gasteiger partial charge in [-0.2, -0.15) is 0 Å². The van der Waals surface area contributed by atoms with Crippen molar-refractivity contribution in [3.8, 4) is 5.75 Å². The van der Waals surface area contributed by atoms with Crippen molar-refractivity contribution in [3.63, 3.8) is 0 Å². The van der Waals surface area contributed by atoms with E-state index in [1.54, 1.807) is 7.11 Å². The molecule has 1 atom stereocenters. The number of benzene rings is 3. The maximum Gasteiger partial charge on any atom is 0.138 e. The highest BCUT2D eigenvalue weighted by molar-refractivity contribution is 7.50. The summed E-state index contributed by atoms with van der Waals surface area (Å²) in [4.78, 5) is 7.86. The van der Waals surface area contributed by atoms with Crippen molar-refractivity contribution in [2.75, 3.05) is 31.9 Å². The molecule has 0 bridgehead atoms. The predicted molar refractivity (Wildman–Crippen MR) is 154 cm³/mol. The van der Waals surface area contributed by atoms with Crippen LogP contribution in [0, 0.1) is 5.41 Å². The lowest BCUT2D eigenvalue weighted by Gasteiger charge is -2.40. The molecule has 0 spiro atoms. The summed E-state index contributed by atoms with van der Waals surface area (Å²) in [6.07, 6.45) is 1.51. The normalized spacial score (nSPS) is 16.4. The van der Waals surface area contributed by atoms with E-state index in [1.165, 1.54) is 11.1 Å². The third-order valence-electron chi connectivity index (χ3n) is 6.70. The molecule has 190 valence electrons. The second-order valence-corrected chi connectivity index (χ2v) is 12.7. The fraction of sp³-hybridized carbons (Fsp3) is 0.387. The van der Waals surface area contributed by atoms with E-state index in [2.05, 4.69) is 112 Å². The highest BCUT2D eigenvalue weighted by atomic mass is 31.1. The fourth-order valence-electron chi connectivity index (χ4n) is 4.87. The largest absolute Gasteiger partial charge is 0.497 e. The third kappa shape index (κ3) is 6.17. The minimum Gasteiger partial charge on any atom is -0.497 e. The van der Waals surface area contributed by atoms with Crippen LogP contribution in [0.1, 0.15) is 31.9 Å². The molecule has 3 aromatic carbocycles. The summed E-state index contributed by atoms with van der Waals surface area (Å²) in [5, 5.41) is 0. The van der Waals surface area contributed by atoms with Crippen molar-refractivity contribution in [1.82, 2.24) is 0 Å². The fourth-order valence-corrected chi connectivity index (χ4v) is 5.77. The Bertz CT molecular complexity index is 1100.